The number of nitrogens with one attached hydrogen (secondary N) is 1. The maximum absolute atomic E-state index is 12.6. The molecule has 1 N–H and O–H groups in total. The van der Waals surface area contributed by atoms with E-state index in [1.54, 1.807) is 17.4 Å². The van der Waals surface area contributed by atoms with Gasteiger partial charge in [0, 0.05) is 45.0 Å². The molecule has 2 heterocycles. The zero-order chi connectivity index (χ0) is 16.7. The van der Waals surface area contributed by atoms with E-state index in [-0.39, 0.29) is 11.8 Å². The molecule has 1 aliphatic rings. The smallest absolute Gasteiger partial charge is 0.245 e. The normalized spacial score (nSPS) is 17.3. The van der Waals surface area contributed by atoms with Gasteiger partial charge in [0.05, 0.1) is 11.2 Å². The van der Waals surface area contributed by atoms with Crippen LogP contribution < -0.4 is 5.32 Å². The van der Waals surface area contributed by atoms with Crippen LogP contribution in [-0.2, 0) is 16.1 Å². The van der Waals surface area contributed by atoms with Gasteiger partial charge in [0.15, 0.2) is 0 Å². The van der Waals surface area contributed by atoms with Gasteiger partial charge in [-0.2, -0.15) is 0 Å². The van der Waals surface area contributed by atoms with Crippen LogP contribution >= 0.6 is 11.3 Å². The molecule has 2 amide bonds. The molecule has 1 aromatic rings. The summed E-state index contributed by atoms with van der Waals surface area (Å²) < 4.78 is 0. The van der Waals surface area contributed by atoms with E-state index in [9.17, 15) is 9.59 Å². The number of aromatic nitrogens is 1. The Hall–Kier alpha value is -1.73. The van der Waals surface area contributed by atoms with Crippen molar-refractivity contribution in [2.75, 3.05) is 26.2 Å². The summed E-state index contributed by atoms with van der Waals surface area (Å²) in [6.07, 6.45) is 3.05. The van der Waals surface area contributed by atoms with Crippen LogP contribution in [0.4, 0.5) is 0 Å². The fourth-order valence-electron chi connectivity index (χ4n) is 2.75. The summed E-state index contributed by atoms with van der Waals surface area (Å²) in [5.74, 6) is -0.208. The van der Waals surface area contributed by atoms with Crippen LogP contribution in [0.5, 0.6) is 0 Å². The topological polar surface area (TPSA) is 65.5 Å². The second-order valence-electron chi connectivity index (χ2n) is 5.71. The number of nitrogens with zero attached hydrogens (tertiary/aromatic N) is 3. The van der Waals surface area contributed by atoms with E-state index < -0.39 is 6.04 Å². The molecule has 23 heavy (non-hydrogen) atoms. The molecule has 0 radical (unpaired) electrons. The van der Waals surface area contributed by atoms with Gasteiger partial charge in [-0.3, -0.25) is 14.5 Å². The summed E-state index contributed by atoms with van der Waals surface area (Å²) >= 11 is 1.60. The highest BCUT2D eigenvalue weighted by atomic mass is 32.1. The molecular weight excluding hydrogens is 312 g/mol. The molecule has 1 atom stereocenters. The molecule has 1 fully saturated rings. The molecule has 0 bridgehead atoms. The lowest BCUT2D eigenvalue weighted by Gasteiger charge is -2.26. The number of amides is 2. The zero-order valence-corrected chi connectivity index (χ0v) is 14.3. The van der Waals surface area contributed by atoms with E-state index in [0.717, 1.165) is 38.3 Å². The standard InChI is InChI=1S/C16H24N4O2S/c1-3-5-15(18-13(2)21)16(22)20-7-4-6-19(8-9-20)10-14-11-23-12-17-14/h3,11-12,15H,1,4-10H2,2H3,(H,18,21)/t15-/m1/s1. The van der Waals surface area contributed by atoms with Crippen molar-refractivity contribution in [2.24, 2.45) is 0 Å². The van der Waals surface area contributed by atoms with Crippen molar-refractivity contribution in [1.82, 2.24) is 20.1 Å². The predicted molar refractivity (Wildman–Crippen MR) is 91.0 cm³/mol. The van der Waals surface area contributed by atoms with E-state index in [2.05, 4.69) is 27.2 Å². The second kappa shape index (κ2) is 8.79. The van der Waals surface area contributed by atoms with Gasteiger partial charge < -0.3 is 10.2 Å². The lowest BCUT2D eigenvalue weighted by atomic mass is 10.1. The first kappa shape index (κ1) is 17.6. The monoisotopic (exact) mass is 336 g/mol. The highest BCUT2D eigenvalue weighted by Gasteiger charge is 2.26. The SMILES string of the molecule is C=CC[C@@H](NC(C)=O)C(=O)N1CCCN(Cc2cscn2)CC1. The van der Waals surface area contributed by atoms with Gasteiger partial charge in [0.1, 0.15) is 6.04 Å². The zero-order valence-electron chi connectivity index (χ0n) is 13.5. The number of carbonyl (C=O) groups is 2. The summed E-state index contributed by atoms with van der Waals surface area (Å²) in [6, 6.07) is -0.505. The van der Waals surface area contributed by atoms with Gasteiger partial charge in [-0.1, -0.05) is 6.08 Å². The van der Waals surface area contributed by atoms with Gasteiger partial charge in [-0.25, -0.2) is 4.98 Å². The highest BCUT2D eigenvalue weighted by Crippen LogP contribution is 2.11. The fourth-order valence-corrected chi connectivity index (χ4v) is 3.30. The summed E-state index contributed by atoms with van der Waals surface area (Å²) in [5.41, 5.74) is 2.92. The van der Waals surface area contributed by atoms with Crippen LogP contribution in [0.1, 0.15) is 25.5 Å². The van der Waals surface area contributed by atoms with Crippen LogP contribution in [0.3, 0.4) is 0 Å². The summed E-state index contributed by atoms with van der Waals surface area (Å²) in [7, 11) is 0. The van der Waals surface area contributed by atoms with Gasteiger partial charge in [0.2, 0.25) is 11.8 Å². The minimum atomic E-state index is -0.505. The minimum absolute atomic E-state index is 0.0180. The Balaban J connectivity index is 1.91. The quantitative estimate of drug-likeness (QED) is 0.794. The third-order valence-electron chi connectivity index (χ3n) is 3.85. The first-order chi connectivity index (χ1) is 11.1. The van der Waals surface area contributed by atoms with Crippen LogP contribution in [0.25, 0.3) is 0 Å². The molecule has 1 saturated heterocycles. The largest absolute Gasteiger partial charge is 0.344 e. The molecule has 7 heteroatoms. The van der Waals surface area contributed by atoms with Crippen LogP contribution in [-0.4, -0.2) is 58.8 Å². The van der Waals surface area contributed by atoms with Crippen molar-refractivity contribution in [3.63, 3.8) is 0 Å². The van der Waals surface area contributed by atoms with E-state index in [1.807, 2.05) is 10.4 Å². The Morgan fingerprint density at radius 2 is 2.26 bits per heavy atom. The van der Waals surface area contributed by atoms with Crippen molar-refractivity contribution in [3.05, 3.63) is 29.2 Å². The third kappa shape index (κ3) is 5.44. The van der Waals surface area contributed by atoms with Crippen molar-refractivity contribution < 1.29 is 9.59 Å². The second-order valence-corrected chi connectivity index (χ2v) is 6.43. The third-order valence-corrected chi connectivity index (χ3v) is 4.48. The molecule has 1 aliphatic heterocycles. The first-order valence-electron chi connectivity index (χ1n) is 7.86. The van der Waals surface area contributed by atoms with Gasteiger partial charge in [-0.05, 0) is 12.8 Å². The van der Waals surface area contributed by atoms with Gasteiger partial charge in [0.25, 0.3) is 0 Å². The van der Waals surface area contributed by atoms with E-state index in [0.29, 0.717) is 13.0 Å². The Morgan fingerprint density at radius 1 is 1.43 bits per heavy atom. The van der Waals surface area contributed by atoms with Crippen LogP contribution in [0.2, 0.25) is 0 Å². The van der Waals surface area contributed by atoms with Crippen LogP contribution in [0, 0.1) is 0 Å². The number of carbonyl (C=O) groups excluding carboxylic acids is 2. The molecule has 0 saturated carbocycles. The minimum Gasteiger partial charge on any atom is -0.344 e. The molecule has 0 unspecified atom stereocenters. The summed E-state index contributed by atoms with van der Waals surface area (Å²) in [5, 5.41) is 4.78. The molecule has 2 rings (SSSR count). The van der Waals surface area contributed by atoms with Gasteiger partial charge >= 0.3 is 0 Å². The molecule has 6 nitrogen and oxygen atoms in total. The number of rotatable bonds is 6. The lowest BCUT2D eigenvalue weighted by Crippen LogP contribution is -2.48. The van der Waals surface area contributed by atoms with E-state index >= 15 is 0 Å². The van der Waals surface area contributed by atoms with Crippen molar-refractivity contribution in [2.45, 2.75) is 32.4 Å². The Bertz CT molecular complexity index is 532. The predicted octanol–water partition coefficient (Wildman–Crippen LogP) is 1.26. The number of thiazole rings is 1. The van der Waals surface area contributed by atoms with E-state index in [1.165, 1.54) is 6.92 Å². The van der Waals surface area contributed by atoms with Crippen molar-refractivity contribution in [1.29, 1.82) is 0 Å². The molecule has 126 valence electrons. The molecular formula is C16H24N4O2S. The number of hydrogen-bond donors (Lipinski definition) is 1. The van der Waals surface area contributed by atoms with E-state index in [4.69, 9.17) is 0 Å². The average Bonchev–Trinajstić information content (AvgIpc) is 2.90. The Morgan fingerprint density at radius 3 is 2.91 bits per heavy atom. The van der Waals surface area contributed by atoms with Crippen LogP contribution in [0.15, 0.2) is 23.5 Å². The fraction of sp³-hybridized carbons (Fsp3) is 0.562. The molecule has 0 spiro atoms. The summed E-state index contributed by atoms with van der Waals surface area (Å²) in [6.45, 7) is 9.10. The maximum atomic E-state index is 12.6. The first-order valence-corrected chi connectivity index (χ1v) is 8.80. The maximum Gasteiger partial charge on any atom is 0.245 e. The van der Waals surface area contributed by atoms with Crippen molar-refractivity contribution in [3.8, 4) is 0 Å². The lowest BCUT2D eigenvalue weighted by molar-refractivity contribution is -0.135. The Labute approximate surface area is 141 Å². The van der Waals surface area contributed by atoms with Gasteiger partial charge in [-0.15, -0.1) is 17.9 Å². The number of hydrogen-bond acceptors (Lipinski definition) is 5. The van der Waals surface area contributed by atoms with Crippen molar-refractivity contribution >= 4 is 23.2 Å². The molecule has 1 aromatic heterocycles. The molecule has 0 aliphatic carbocycles. The molecule has 0 aromatic carbocycles. The average molecular weight is 336 g/mol. The summed E-state index contributed by atoms with van der Waals surface area (Å²) in [4.78, 5) is 32.4. The highest BCUT2D eigenvalue weighted by molar-refractivity contribution is 7.07. The Kier molecular flexibility index (Phi) is 6.73.